The number of hydrogen-bond donors (Lipinski definition) is 0. The van der Waals surface area contributed by atoms with E-state index >= 15 is 0 Å². The number of aryl methyl sites for hydroxylation is 2. The summed E-state index contributed by atoms with van der Waals surface area (Å²) in [5.41, 5.74) is 5.96. The number of benzene rings is 3. The van der Waals surface area contributed by atoms with Gasteiger partial charge in [-0.15, -0.1) is 11.3 Å². The van der Waals surface area contributed by atoms with Crippen LogP contribution in [0.1, 0.15) is 72.2 Å². The quantitative estimate of drug-likeness (QED) is 0.261. The highest BCUT2D eigenvalue weighted by atomic mass is 32.1. The predicted octanol–water partition coefficient (Wildman–Crippen LogP) is 8.39. The maximum atomic E-state index is 3.34. The molecule has 0 aliphatic rings. The van der Waals surface area contributed by atoms with Crippen LogP contribution in [0.25, 0.3) is 10.1 Å². The van der Waals surface area contributed by atoms with Gasteiger partial charge in [0.25, 0.3) is 0 Å². The average molecular weight is 447 g/mol. The minimum Gasteiger partial charge on any atom is -0.127 e. The Morgan fingerprint density at radius 3 is 1.67 bits per heavy atom. The lowest BCUT2D eigenvalue weighted by Crippen LogP contribution is -1.84. The minimum absolute atomic E-state index is 1.04. The maximum absolute atomic E-state index is 3.34. The maximum Gasteiger partial charge on any atom is 0.0784 e. The van der Waals surface area contributed by atoms with Gasteiger partial charge in [0.2, 0.25) is 0 Å². The Morgan fingerprint density at radius 1 is 0.576 bits per heavy atom. The fourth-order valence-electron chi connectivity index (χ4n) is 3.72. The lowest BCUT2D eigenvalue weighted by Gasteiger charge is -1.99. The number of unbranched alkanes of at least 4 members (excludes halogenated alkanes) is 2. The molecule has 1 heterocycles. The van der Waals surface area contributed by atoms with E-state index in [1.54, 1.807) is 11.3 Å². The van der Waals surface area contributed by atoms with Crippen LogP contribution >= 0.6 is 11.3 Å². The van der Waals surface area contributed by atoms with Crippen LogP contribution in [0.3, 0.4) is 0 Å². The molecule has 33 heavy (non-hydrogen) atoms. The molecule has 0 atom stereocenters. The van der Waals surface area contributed by atoms with Crippen molar-refractivity contribution >= 4 is 21.4 Å². The lowest BCUT2D eigenvalue weighted by molar-refractivity contribution is 0.795. The molecule has 164 valence electrons. The van der Waals surface area contributed by atoms with Crippen molar-refractivity contribution < 1.29 is 0 Å². The van der Waals surface area contributed by atoms with Gasteiger partial charge in [0, 0.05) is 21.4 Å². The first-order valence-electron chi connectivity index (χ1n) is 12.0. The van der Waals surface area contributed by atoms with E-state index in [4.69, 9.17) is 0 Å². The third-order valence-corrected chi connectivity index (χ3v) is 6.76. The monoisotopic (exact) mass is 446 g/mol. The molecular weight excluding hydrogens is 416 g/mol. The topological polar surface area (TPSA) is 0 Å². The highest BCUT2D eigenvalue weighted by Crippen LogP contribution is 2.26. The predicted molar refractivity (Wildman–Crippen MR) is 144 cm³/mol. The molecule has 1 heteroatoms. The van der Waals surface area contributed by atoms with Crippen LogP contribution in [0.4, 0.5) is 0 Å². The molecule has 0 saturated carbocycles. The second kappa shape index (κ2) is 11.6. The van der Waals surface area contributed by atoms with E-state index < -0.39 is 0 Å². The van der Waals surface area contributed by atoms with E-state index in [1.807, 2.05) is 0 Å². The first-order chi connectivity index (χ1) is 16.2. The summed E-state index contributed by atoms with van der Waals surface area (Å²) in [6.07, 6.45) is 7.23. The molecule has 0 saturated heterocycles. The first kappa shape index (κ1) is 22.9. The van der Waals surface area contributed by atoms with E-state index in [2.05, 4.69) is 110 Å². The van der Waals surface area contributed by atoms with Crippen LogP contribution in [0.5, 0.6) is 0 Å². The van der Waals surface area contributed by atoms with E-state index in [9.17, 15) is 0 Å². The molecule has 0 fully saturated rings. The third kappa shape index (κ3) is 6.61. The molecule has 0 aliphatic carbocycles. The Kier molecular flexibility index (Phi) is 8.03. The van der Waals surface area contributed by atoms with Gasteiger partial charge in [-0.25, -0.2) is 0 Å². The van der Waals surface area contributed by atoms with Crippen molar-refractivity contribution in [2.75, 3.05) is 0 Å². The zero-order valence-corrected chi connectivity index (χ0v) is 20.4. The van der Waals surface area contributed by atoms with Crippen molar-refractivity contribution in [1.29, 1.82) is 0 Å². The lowest BCUT2D eigenvalue weighted by atomic mass is 10.1. The molecule has 0 radical (unpaired) electrons. The normalized spacial score (nSPS) is 10.4. The van der Waals surface area contributed by atoms with Crippen molar-refractivity contribution in [3.05, 3.63) is 105 Å². The summed E-state index contributed by atoms with van der Waals surface area (Å²) < 4.78 is 1.23. The second-order valence-electron chi connectivity index (χ2n) is 8.46. The number of hydrogen-bond acceptors (Lipinski definition) is 1. The largest absolute Gasteiger partial charge is 0.127 e. The Bertz CT molecular complexity index is 1250. The molecule has 0 nitrogen and oxygen atoms in total. The molecule has 0 aliphatic heterocycles. The van der Waals surface area contributed by atoms with Gasteiger partial charge in [-0.2, -0.15) is 0 Å². The minimum atomic E-state index is 1.04. The standard InChI is InChI=1S/C32H30S/c1-3-5-7-25-9-13-27(14-10-25)17-18-29-19-21-30-24-31(33-32(30)23-29)22-20-28-15-11-26(12-16-28)8-6-4-2/h9-16,19,21,23-24H,3-8H2,1-2H3. The Balaban J connectivity index is 1.45. The zero-order valence-electron chi connectivity index (χ0n) is 19.6. The SMILES string of the molecule is CCCCc1ccc(C#Cc2ccc3cc(C#Cc4ccc(CCCC)cc4)sc3c2)cc1. The average Bonchev–Trinajstić information content (AvgIpc) is 3.27. The smallest absolute Gasteiger partial charge is 0.0784 e. The highest BCUT2D eigenvalue weighted by Gasteiger charge is 2.01. The van der Waals surface area contributed by atoms with Crippen molar-refractivity contribution in [1.82, 2.24) is 0 Å². The van der Waals surface area contributed by atoms with Crippen LogP contribution < -0.4 is 0 Å². The summed E-state index contributed by atoms with van der Waals surface area (Å²) in [7, 11) is 0. The molecule has 4 rings (SSSR count). The number of fused-ring (bicyclic) bond motifs is 1. The molecule has 4 aromatic rings. The van der Waals surface area contributed by atoms with E-state index in [1.165, 1.54) is 46.9 Å². The Hall–Kier alpha value is -3.26. The zero-order chi connectivity index (χ0) is 22.9. The molecular formula is C32H30S. The van der Waals surface area contributed by atoms with E-state index in [0.29, 0.717) is 0 Å². The summed E-state index contributed by atoms with van der Waals surface area (Å²) in [6.45, 7) is 4.46. The first-order valence-corrected chi connectivity index (χ1v) is 12.8. The fraction of sp³-hybridized carbons (Fsp3) is 0.250. The van der Waals surface area contributed by atoms with Crippen LogP contribution in [0.15, 0.2) is 72.8 Å². The molecule has 0 spiro atoms. The van der Waals surface area contributed by atoms with Gasteiger partial charge in [-0.3, -0.25) is 0 Å². The van der Waals surface area contributed by atoms with Gasteiger partial charge in [0.1, 0.15) is 0 Å². The van der Waals surface area contributed by atoms with Crippen LogP contribution in [0.2, 0.25) is 0 Å². The number of rotatable bonds is 6. The molecule has 1 aromatic heterocycles. The summed E-state index contributed by atoms with van der Waals surface area (Å²) >= 11 is 1.73. The molecule has 0 unspecified atom stereocenters. The van der Waals surface area contributed by atoms with Crippen molar-refractivity contribution in [3.63, 3.8) is 0 Å². The Morgan fingerprint density at radius 2 is 1.09 bits per heavy atom. The van der Waals surface area contributed by atoms with Gasteiger partial charge >= 0.3 is 0 Å². The summed E-state index contributed by atoms with van der Waals surface area (Å²) in [5.74, 6) is 13.3. The highest BCUT2D eigenvalue weighted by molar-refractivity contribution is 7.19. The van der Waals surface area contributed by atoms with Gasteiger partial charge in [-0.1, -0.05) is 80.7 Å². The van der Waals surface area contributed by atoms with E-state index in [0.717, 1.165) is 34.4 Å². The van der Waals surface area contributed by atoms with Gasteiger partial charge in [-0.05, 0) is 84.7 Å². The van der Waals surface area contributed by atoms with Crippen LogP contribution in [0, 0.1) is 23.7 Å². The van der Waals surface area contributed by atoms with Crippen LogP contribution in [-0.4, -0.2) is 0 Å². The molecule has 0 N–H and O–H groups in total. The molecule has 0 bridgehead atoms. The fourth-order valence-corrected chi connectivity index (χ4v) is 4.68. The van der Waals surface area contributed by atoms with Crippen LogP contribution in [-0.2, 0) is 12.8 Å². The number of thiophene rings is 1. The van der Waals surface area contributed by atoms with Crippen molar-refractivity contribution in [3.8, 4) is 23.7 Å². The van der Waals surface area contributed by atoms with Crippen molar-refractivity contribution in [2.45, 2.75) is 52.4 Å². The van der Waals surface area contributed by atoms with Gasteiger partial charge in [0.05, 0.1) is 4.88 Å². The third-order valence-electron chi connectivity index (χ3n) is 5.75. The summed E-state index contributed by atoms with van der Waals surface area (Å²) in [5, 5.41) is 1.23. The van der Waals surface area contributed by atoms with Gasteiger partial charge in [0.15, 0.2) is 0 Å². The Labute approximate surface area is 202 Å². The van der Waals surface area contributed by atoms with Crippen molar-refractivity contribution in [2.24, 2.45) is 0 Å². The van der Waals surface area contributed by atoms with E-state index in [-0.39, 0.29) is 0 Å². The summed E-state index contributed by atoms with van der Waals surface area (Å²) in [6, 6.07) is 25.9. The second-order valence-corrected chi connectivity index (χ2v) is 9.55. The van der Waals surface area contributed by atoms with Gasteiger partial charge < -0.3 is 0 Å². The molecule has 0 amide bonds. The molecule has 3 aromatic carbocycles. The summed E-state index contributed by atoms with van der Waals surface area (Å²) in [4.78, 5) is 1.09.